The first kappa shape index (κ1) is 22.3. The van der Waals surface area contributed by atoms with Crippen molar-refractivity contribution in [1.29, 1.82) is 0 Å². The maximum absolute atomic E-state index is 5.01. The van der Waals surface area contributed by atoms with Crippen LogP contribution in [0, 0.1) is 0 Å². The van der Waals surface area contributed by atoms with Gasteiger partial charge in [0, 0.05) is 17.0 Å². The monoisotopic (exact) mass is 521 g/mol. The Kier molecular flexibility index (Phi) is 4.61. The molecule has 0 atom stereocenters. The van der Waals surface area contributed by atoms with Crippen molar-refractivity contribution in [3.05, 3.63) is 140 Å². The van der Waals surface area contributed by atoms with Crippen LogP contribution in [0.2, 0.25) is 0 Å². The van der Waals surface area contributed by atoms with E-state index in [0.717, 1.165) is 33.1 Å². The van der Waals surface area contributed by atoms with Gasteiger partial charge < -0.3 is 0 Å². The van der Waals surface area contributed by atoms with E-state index in [2.05, 4.69) is 126 Å². The summed E-state index contributed by atoms with van der Waals surface area (Å²) in [6, 6.07) is 47.9. The lowest BCUT2D eigenvalue weighted by Crippen LogP contribution is -1.94. The highest BCUT2D eigenvalue weighted by Crippen LogP contribution is 2.35. The molecule has 0 aliphatic carbocycles. The summed E-state index contributed by atoms with van der Waals surface area (Å²) >= 11 is 0. The number of rotatable bonds is 2. The summed E-state index contributed by atoms with van der Waals surface area (Å²) in [5.41, 5.74) is 8.79. The van der Waals surface area contributed by atoms with E-state index in [1.807, 2.05) is 18.3 Å². The molecule has 6 aromatic carbocycles. The van der Waals surface area contributed by atoms with Crippen LogP contribution in [0.25, 0.3) is 82.3 Å². The highest BCUT2D eigenvalue weighted by atomic mass is 15.1. The Labute approximate surface area is 236 Å². The summed E-state index contributed by atoms with van der Waals surface area (Å²) in [6.45, 7) is 0. The molecule has 0 aliphatic heterocycles. The molecular formula is C38H23N3. The zero-order valence-electron chi connectivity index (χ0n) is 22.1. The van der Waals surface area contributed by atoms with Crippen LogP contribution in [-0.4, -0.2) is 14.4 Å². The standard InChI is InChI=1S/C38H23N3/c1-2-7-25-20-26(12-11-24(25)6-1)27-13-14-29-22-30(16-15-28(29)21-27)31-17-18-33-34(23-31)32-8-5-19-39-37(32)41-36-10-4-3-9-35(36)40-38(33)41/h1-23H. The fraction of sp³-hybridized carbons (Fsp3) is 0. The highest BCUT2D eigenvalue weighted by Gasteiger charge is 2.15. The molecule has 3 aromatic heterocycles. The Morgan fingerprint density at radius 2 is 1.00 bits per heavy atom. The molecule has 0 unspecified atom stereocenters. The van der Waals surface area contributed by atoms with E-state index in [0.29, 0.717) is 0 Å². The zero-order valence-corrected chi connectivity index (χ0v) is 22.1. The largest absolute Gasteiger partial charge is 0.276 e. The molecule has 0 saturated carbocycles. The third-order valence-corrected chi connectivity index (χ3v) is 8.37. The van der Waals surface area contributed by atoms with Crippen LogP contribution in [0.4, 0.5) is 0 Å². The second kappa shape index (κ2) is 8.48. The molecule has 3 nitrogen and oxygen atoms in total. The Morgan fingerprint density at radius 1 is 0.415 bits per heavy atom. The van der Waals surface area contributed by atoms with Crippen molar-refractivity contribution in [1.82, 2.24) is 14.4 Å². The maximum Gasteiger partial charge on any atom is 0.147 e. The van der Waals surface area contributed by atoms with E-state index < -0.39 is 0 Å². The van der Waals surface area contributed by atoms with Crippen LogP contribution in [0.1, 0.15) is 0 Å². The van der Waals surface area contributed by atoms with E-state index in [9.17, 15) is 0 Å². The van der Waals surface area contributed by atoms with Crippen molar-refractivity contribution < 1.29 is 0 Å². The molecule has 9 aromatic rings. The summed E-state index contributed by atoms with van der Waals surface area (Å²) in [7, 11) is 0. The zero-order chi connectivity index (χ0) is 26.9. The number of pyridine rings is 2. The van der Waals surface area contributed by atoms with Gasteiger partial charge in [0.1, 0.15) is 11.3 Å². The van der Waals surface area contributed by atoms with Gasteiger partial charge in [0.15, 0.2) is 0 Å². The highest BCUT2D eigenvalue weighted by molar-refractivity contribution is 6.14. The topological polar surface area (TPSA) is 30.2 Å². The molecule has 41 heavy (non-hydrogen) atoms. The first-order chi connectivity index (χ1) is 20.3. The number of aromatic nitrogens is 3. The number of para-hydroxylation sites is 2. The molecule has 0 bridgehead atoms. The molecule has 3 heteroatoms. The number of hydrogen-bond donors (Lipinski definition) is 0. The molecule has 0 spiro atoms. The Morgan fingerprint density at radius 3 is 1.78 bits per heavy atom. The minimum absolute atomic E-state index is 0.931. The summed E-state index contributed by atoms with van der Waals surface area (Å²) in [5.74, 6) is 0. The fourth-order valence-corrected chi connectivity index (χ4v) is 6.32. The van der Waals surface area contributed by atoms with E-state index in [1.165, 1.54) is 49.2 Å². The third kappa shape index (κ3) is 3.39. The number of fused-ring (bicyclic) bond motifs is 10. The minimum Gasteiger partial charge on any atom is -0.276 e. The second-order valence-corrected chi connectivity index (χ2v) is 10.7. The summed E-state index contributed by atoms with van der Waals surface area (Å²) in [5, 5.41) is 8.42. The first-order valence-electron chi connectivity index (χ1n) is 13.9. The molecule has 0 fully saturated rings. The van der Waals surface area contributed by atoms with E-state index in [4.69, 9.17) is 9.97 Å². The molecular weight excluding hydrogens is 498 g/mol. The quantitative estimate of drug-likeness (QED) is 0.212. The Bertz CT molecular complexity index is 2490. The van der Waals surface area contributed by atoms with Gasteiger partial charge in [-0.1, -0.05) is 78.9 Å². The third-order valence-electron chi connectivity index (χ3n) is 8.37. The van der Waals surface area contributed by atoms with Gasteiger partial charge in [0.25, 0.3) is 0 Å². The molecule has 0 aliphatic rings. The van der Waals surface area contributed by atoms with Gasteiger partial charge in [-0.3, -0.25) is 4.40 Å². The molecule has 190 valence electrons. The average Bonchev–Trinajstić information content (AvgIpc) is 3.44. The lowest BCUT2D eigenvalue weighted by atomic mass is 9.95. The van der Waals surface area contributed by atoms with Gasteiger partial charge in [0.2, 0.25) is 0 Å². The predicted octanol–water partition coefficient (Wildman–Crippen LogP) is 9.83. The number of imidazole rings is 1. The molecule has 0 amide bonds. The minimum atomic E-state index is 0.931. The van der Waals surface area contributed by atoms with Crippen molar-refractivity contribution in [2.45, 2.75) is 0 Å². The fourth-order valence-electron chi connectivity index (χ4n) is 6.32. The van der Waals surface area contributed by atoms with E-state index in [-0.39, 0.29) is 0 Å². The van der Waals surface area contributed by atoms with E-state index >= 15 is 0 Å². The van der Waals surface area contributed by atoms with Crippen LogP contribution in [0.15, 0.2) is 140 Å². The summed E-state index contributed by atoms with van der Waals surface area (Å²) in [6.07, 6.45) is 1.86. The van der Waals surface area contributed by atoms with Crippen molar-refractivity contribution in [2.24, 2.45) is 0 Å². The normalized spacial score (nSPS) is 11.9. The molecule has 9 rings (SSSR count). The van der Waals surface area contributed by atoms with Crippen LogP contribution in [0.3, 0.4) is 0 Å². The summed E-state index contributed by atoms with van der Waals surface area (Å²) in [4.78, 5) is 9.81. The van der Waals surface area contributed by atoms with Crippen molar-refractivity contribution in [2.75, 3.05) is 0 Å². The van der Waals surface area contributed by atoms with Crippen LogP contribution >= 0.6 is 0 Å². The second-order valence-electron chi connectivity index (χ2n) is 10.7. The van der Waals surface area contributed by atoms with Crippen molar-refractivity contribution in [3.63, 3.8) is 0 Å². The van der Waals surface area contributed by atoms with Crippen LogP contribution in [0.5, 0.6) is 0 Å². The molecule has 3 heterocycles. The first-order valence-corrected chi connectivity index (χ1v) is 13.9. The molecule has 0 radical (unpaired) electrons. The van der Waals surface area contributed by atoms with E-state index in [1.54, 1.807) is 0 Å². The smallest absolute Gasteiger partial charge is 0.147 e. The van der Waals surface area contributed by atoms with Gasteiger partial charge in [-0.25, -0.2) is 9.97 Å². The Hall–Kier alpha value is -5.54. The SMILES string of the molecule is c1ccc2cc(-c3ccc4cc(-c5ccc6c(c5)c5cccnc5n5c7ccccc7nc65)ccc4c3)ccc2c1. The molecule has 0 saturated heterocycles. The lowest BCUT2D eigenvalue weighted by Gasteiger charge is -2.11. The van der Waals surface area contributed by atoms with Gasteiger partial charge in [-0.05, 0) is 104 Å². The predicted molar refractivity (Wildman–Crippen MR) is 171 cm³/mol. The number of nitrogens with zero attached hydrogens (tertiary/aromatic N) is 3. The van der Waals surface area contributed by atoms with Gasteiger partial charge in [-0.15, -0.1) is 0 Å². The number of benzene rings is 6. The number of hydrogen-bond acceptors (Lipinski definition) is 2. The summed E-state index contributed by atoms with van der Waals surface area (Å²) < 4.78 is 2.19. The van der Waals surface area contributed by atoms with Gasteiger partial charge in [-0.2, -0.15) is 0 Å². The van der Waals surface area contributed by atoms with Gasteiger partial charge >= 0.3 is 0 Å². The Balaban J connectivity index is 1.19. The lowest BCUT2D eigenvalue weighted by molar-refractivity contribution is 1.23. The maximum atomic E-state index is 5.01. The van der Waals surface area contributed by atoms with Crippen LogP contribution in [-0.2, 0) is 0 Å². The van der Waals surface area contributed by atoms with Crippen molar-refractivity contribution in [3.8, 4) is 22.3 Å². The van der Waals surface area contributed by atoms with Crippen molar-refractivity contribution >= 4 is 60.0 Å². The van der Waals surface area contributed by atoms with Gasteiger partial charge in [0.05, 0.1) is 11.0 Å². The average molecular weight is 522 g/mol. The van der Waals surface area contributed by atoms with Crippen LogP contribution < -0.4 is 0 Å². The molecule has 0 N–H and O–H groups in total.